The number of nitrogens with zero attached hydrogens (tertiary/aromatic N) is 4. The number of carbonyl (C=O) groups is 1. The second-order valence-electron chi connectivity index (χ2n) is 9.03. The van der Waals surface area contributed by atoms with Gasteiger partial charge in [0.15, 0.2) is 20.7 Å². The van der Waals surface area contributed by atoms with Crippen molar-refractivity contribution in [1.82, 2.24) is 14.9 Å². The lowest BCUT2D eigenvalue weighted by Gasteiger charge is -2.10. The molecule has 1 aliphatic carbocycles. The molecule has 3 aromatic rings. The number of thiazole rings is 1. The SMILES string of the molecule is C[C@H](CO)O/N=C(/C(=O)Nc1nc2ccc(NCCN(C)C)nc2s1)c1ccc(S(=O)(=O)C2CC2)cc1. The van der Waals surface area contributed by atoms with E-state index in [9.17, 15) is 18.3 Å². The number of hydrogen-bond acceptors (Lipinski definition) is 11. The minimum atomic E-state index is -3.36. The Labute approximate surface area is 219 Å². The Bertz CT molecular complexity index is 1380. The van der Waals surface area contributed by atoms with Gasteiger partial charge in [-0.3, -0.25) is 10.1 Å². The van der Waals surface area contributed by atoms with E-state index in [0.29, 0.717) is 39.7 Å². The number of hydrogen-bond donors (Lipinski definition) is 3. The monoisotopic (exact) mass is 546 g/mol. The van der Waals surface area contributed by atoms with Crippen LogP contribution >= 0.6 is 11.3 Å². The summed E-state index contributed by atoms with van der Waals surface area (Å²) in [4.78, 5) is 30.4. The second kappa shape index (κ2) is 11.5. The third-order valence-electron chi connectivity index (χ3n) is 5.56. The number of pyridine rings is 1. The summed E-state index contributed by atoms with van der Waals surface area (Å²) < 4.78 is 25.0. The largest absolute Gasteiger partial charge is 0.392 e. The standard InChI is InChI=1S/C24H30N6O5S2/c1-15(14-31)35-29-21(16-4-6-17(7-5-16)37(33,34)18-8-9-18)22(32)28-24-26-19-10-11-20(27-23(19)36-24)25-12-13-30(2)3/h4-7,10-11,15,18,31H,8-9,12-14H2,1-3H3,(H,25,27)(H,26,28,32)/b29-21+/t15-/m1/s1. The second-order valence-corrected chi connectivity index (χ2v) is 12.2. The maximum absolute atomic E-state index is 13.2. The first kappa shape index (κ1) is 26.9. The highest BCUT2D eigenvalue weighted by atomic mass is 32.2. The van der Waals surface area contributed by atoms with Gasteiger partial charge in [0, 0.05) is 18.7 Å². The van der Waals surface area contributed by atoms with Crippen LogP contribution in [-0.2, 0) is 19.5 Å². The molecule has 1 fully saturated rings. The molecule has 37 heavy (non-hydrogen) atoms. The number of nitrogens with one attached hydrogen (secondary N) is 2. The van der Waals surface area contributed by atoms with Crippen molar-refractivity contribution in [3.8, 4) is 0 Å². The van der Waals surface area contributed by atoms with Gasteiger partial charge in [0.1, 0.15) is 22.3 Å². The number of carbonyl (C=O) groups excluding carboxylic acids is 1. The molecule has 13 heteroatoms. The zero-order valence-electron chi connectivity index (χ0n) is 20.8. The fraction of sp³-hybridized carbons (Fsp3) is 0.417. The molecule has 1 amide bonds. The molecule has 0 radical (unpaired) electrons. The molecule has 1 saturated carbocycles. The van der Waals surface area contributed by atoms with Gasteiger partial charge in [0.25, 0.3) is 5.91 Å². The van der Waals surface area contributed by atoms with Crippen molar-refractivity contribution in [2.24, 2.45) is 5.16 Å². The van der Waals surface area contributed by atoms with Crippen molar-refractivity contribution in [3.05, 3.63) is 42.0 Å². The number of likely N-dealkylation sites (N-methyl/N-ethyl adjacent to an activating group) is 1. The lowest BCUT2D eigenvalue weighted by atomic mass is 10.1. The van der Waals surface area contributed by atoms with E-state index >= 15 is 0 Å². The highest BCUT2D eigenvalue weighted by molar-refractivity contribution is 7.92. The Kier molecular flexibility index (Phi) is 8.37. The van der Waals surface area contributed by atoms with Crippen molar-refractivity contribution in [1.29, 1.82) is 0 Å². The van der Waals surface area contributed by atoms with Crippen molar-refractivity contribution in [2.45, 2.75) is 36.0 Å². The zero-order valence-corrected chi connectivity index (χ0v) is 22.5. The smallest absolute Gasteiger partial charge is 0.280 e. The zero-order chi connectivity index (χ0) is 26.6. The van der Waals surface area contributed by atoms with Gasteiger partial charge in [-0.05, 0) is 58.1 Å². The molecule has 0 unspecified atom stereocenters. The van der Waals surface area contributed by atoms with Gasteiger partial charge in [0.2, 0.25) is 0 Å². The Balaban J connectivity index is 1.53. The molecule has 198 valence electrons. The van der Waals surface area contributed by atoms with E-state index in [1.807, 2.05) is 26.2 Å². The molecule has 11 nitrogen and oxygen atoms in total. The maximum Gasteiger partial charge on any atom is 0.280 e. The summed E-state index contributed by atoms with van der Waals surface area (Å²) in [6.07, 6.45) is 0.690. The molecule has 4 rings (SSSR count). The van der Waals surface area contributed by atoms with Gasteiger partial charge in [-0.15, -0.1) is 0 Å². The van der Waals surface area contributed by atoms with Gasteiger partial charge < -0.3 is 20.2 Å². The van der Waals surface area contributed by atoms with Gasteiger partial charge in [-0.1, -0.05) is 28.6 Å². The molecular formula is C24H30N6O5S2. The lowest BCUT2D eigenvalue weighted by Crippen LogP contribution is -2.25. The van der Waals surface area contributed by atoms with Crippen molar-refractivity contribution < 1.29 is 23.2 Å². The number of oxime groups is 1. The van der Waals surface area contributed by atoms with Crippen LogP contribution in [0.25, 0.3) is 10.3 Å². The van der Waals surface area contributed by atoms with Crippen LogP contribution in [0.3, 0.4) is 0 Å². The number of aliphatic hydroxyl groups is 1. The molecule has 0 saturated heterocycles. The summed E-state index contributed by atoms with van der Waals surface area (Å²) in [5.74, 6) is 0.122. The van der Waals surface area contributed by atoms with Gasteiger partial charge in [-0.2, -0.15) is 0 Å². The molecule has 1 aromatic carbocycles. The summed E-state index contributed by atoms with van der Waals surface area (Å²) in [5.41, 5.74) is 0.926. The van der Waals surface area contributed by atoms with Gasteiger partial charge >= 0.3 is 0 Å². The van der Waals surface area contributed by atoms with Crippen LogP contribution in [0, 0.1) is 0 Å². The first-order chi connectivity index (χ1) is 17.7. The maximum atomic E-state index is 13.2. The third kappa shape index (κ3) is 6.80. The van der Waals surface area contributed by atoms with Crippen LogP contribution in [0.4, 0.5) is 10.9 Å². The number of benzene rings is 1. The average molecular weight is 547 g/mol. The molecule has 1 atom stereocenters. The number of sulfone groups is 1. The predicted octanol–water partition coefficient (Wildman–Crippen LogP) is 2.34. The van der Waals surface area contributed by atoms with Crippen molar-refractivity contribution in [3.63, 3.8) is 0 Å². The van der Waals surface area contributed by atoms with Gasteiger partial charge in [0.05, 0.1) is 16.8 Å². The van der Waals surface area contributed by atoms with E-state index < -0.39 is 21.8 Å². The van der Waals surface area contributed by atoms with E-state index in [1.165, 1.54) is 35.6 Å². The molecule has 3 N–H and O–H groups in total. The Morgan fingerprint density at radius 1 is 1.22 bits per heavy atom. The van der Waals surface area contributed by atoms with Crippen LogP contribution < -0.4 is 10.6 Å². The van der Waals surface area contributed by atoms with E-state index in [-0.39, 0.29) is 22.5 Å². The fourth-order valence-electron chi connectivity index (χ4n) is 3.31. The average Bonchev–Trinajstić information content (AvgIpc) is 3.65. The van der Waals surface area contributed by atoms with Gasteiger partial charge in [-0.25, -0.2) is 18.4 Å². The first-order valence-corrected chi connectivity index (χ1v) is 14.2. The van der Waals surface area contributed by atoms with Crippen LogP contribution in [0.1, 0.15) is 25.3 Å². The number of aromatic nitrogens is 2. The van der Waals surface area contributed by atoms with Crippen molar-refractivity contribution >= 4 is 54.1 Å². The minimum absolute atomic E-state index is 0.0751. The van der Waals surface area contributed by atoms with E-state index in [2.05, 4.69) is 30.7 Å². The molecule has 0 spiro atoms. The van der Waals surface area contributed by atoms with E-state index in [0.717, 1.165) is 13.1 Å². The normalized spacial score (nSPS) is 15.1. The highest BCUT2D eigenvalue weighted by Gasteiger charge is 2.36. The molecule has 1 aliphatic rings. The molecule has 2 aromatic heterocycles. The number of aliphatic hydroxyl groups excluding tert-OH is 1. The topological polar surface area (TPSA) is 146 Å². The summed E-state index contributed by atoms with van der Waals surface area (Å²) in [6.45, 7) is 2.91. The molecule has 2 heterocycles. The number of amides is 1. The molecule has 0 aliphatic heterocycles. The first-order valence-electron chi connectivity index (χ1n) is 11.8. The third-order valence-corrected chi connectivity index (χ3v) is 8.72. The summed E-state index contributed by atoms with van der Waals surface area (Å²) in [5, 5.41) is 19.2. The molecular weight excluding hydrogens is 516 g/mol. The summed E-state index contributed by atoms with van der Waals surface area (Å²) >= 11 is 1.22. The predicted molar refractivity (Wildman–Crippen MR) is 144 cm³/mol. The van der Waals surface area contributed by atoms with E-state index in [1.54, 1.807) is 6.92 Å². The highest BCUT2D eigenvalue weighted by Crippen LogP contribution is 2.33. The van der Waals surface area contributed by atoms with Crippen LogP contribution in [0.2, 0.25) is 0 Å². The van der Waals surface area contributed by atoms with Crippen LogP contribution in [0.5, 0.6) is 0 Å². The number of fused-ring (bicyclic) bond motifs is 1. The van der Waals surface area contributed by atoms with Crippen LogP contribution in [-0.4, -0.2) is 85.2 Å². The minimum Gasteiger partial charge on any atom is -0.392 e. The molecule has 0 bridgehead atoms. The Morgan fingerprint density at radius 2 is 1.95 bits per heavy atom. The summed E-state index contributed by atoms with van der Waals surface area (Å²) in [7, 11) is 0.625. The summed E-state index contributed by atoms with van der Waals surface area (Å²) in [6, 6.07) is 9.63. The van der Waals surface area contributed by atoms with Crippen LogP contribution in [0.15, 0.2) is 46.4 Å². The quantitative estimate of drug-likeness (QED) is 0.230. The Hall–Kier alpha value is -3.13. The fourth-order valence-corrected chi connectivity index (χ4v) is 5.80. The number of anilines is 2. The number of rotatable bonds is 12. The van der Waals surface area contributed by atoms with Crippen molar-refractivity contribution in [2.75, 3.05) is 44.4 Å². The van der Waals surface area contributed by atoms with E-state index in [4.69, 9.17) is 4.84 Å². The Morgan fingerprint density at radius 3 is 2.59 bits per heavy atom. The lowest BCUT2D eigenvalue weighted by molar-refractivity contribution is -0.110.